The lowest BCUT2D eigenvalue weighted by atomic mass is 10.2. The fourth-order valence-corrected chi connectivity index (χ4v) is 2.71. The second-order valence-electron chi connectivity index (χ2n) is 3.72. The van der Waals surface area contributed by atoms with Crippen LogP contribution in [0.3, 0.4) is 0 Å². The third kappa shape index (κ3) is 2.30. The van der Waals surface area contributed by atoms with Gasteiger partial charge in [-0.15, -0.1) is 11.3 Å². The van der Waals surface area contributed by atoms with Crippen molar-refractivity contribution < 1.29 is 4.74 Å². The molecule has 3 aromatic rings. The first kappa shape index (κ1) is 10.7. The SMILES string of the molecule is Clc1ccc(COc2ccc3[nH]ccc3c2)s1. The summed E-state index contributed by atoms with van der Waals surface area (Å²) in [5.74, 6) is 0.877. The van der Waals surface area contributed by atoms with Gasteiger partial charge in [-0.1, -0.05) is 11.6 Å². The molecule has 1 aromatic carbocycles. The molecule has 0 aliphatic heterocycles. The predicted molar refractivity (Wildman–Crippen MR) is 72.0 cm³/mol. The molecular formula is C13H10ClNOS. The molecule has 0 fully saturated rings. The molecule has 86 valence electrons. The fraction of sp³-hybridized carbons (Fsp3) is 0.0769. The van der Waals surface area contributed by atoms with Crippen molar-refractivity contribution in [2.24, 2.45) is 0 Å². The summed E-state index contributed by atoms with van der Waals surface area (Å²) in [5.41, 5.74) is 1.12. The smallest absolute Gasteiger partial charge is 0.122 e. The Kier molecular flexibility index (Phi) is 2.79. The van der Waals surface area contributed by atoms with Crippen molar-refractivity contribution in [3.05, 3.63) is 51.8 Å². The van der Waals surface area contributed by atoms with Gasteiger partial charge in [-0.2, -0.15) is 0 Å². The molecule has 17 heavy (non-hydrogen) atoms. The molecule has 0 atom stereocenters. The minimum atomic E-state index is 0.563. The van der Waals surface area contributed by atoms with Gasteiger partial charge in [0.15, 0.2) is 0 Å². The first-order chi connectivity index (χ1) is 8.31. The second kappa shape index (κ2) is 4.43. The van der Waals surface area contributed by atoms with Gasteiger partial charge in [0, 0.05) is 22.0 Å². The Morgan fingerprint density at radius 1 is 1.18 bits per heavy atom. The number of aromatic nitrogens is 1. The maximum atomic E-state index is 5.86. The van der Waals surface area contributed by atoms with Crippen molar-refractivity contribution in [2.75, 3.05) is 0 Å². The van der Waals surface area contributed by atoms with Gasteiger partial charge in [0.05, 0.1) is 4.34 Å². The molecule has 3 rings (SSSR count). The lowest BCUT2D eigenvalue weighted by Crippen LogP contribution is -1.92. The van der Waals surface area contributed by atoms with Crippen molar-refractivity contribution in [1.82, 2.24) is 4.98 Å². The molecule has 0 radical (unpaired) electrons. The first-order valence-electron chi connectivity index (χ1n) is 5.25. The zero-order valence-corrected chi connectivity index (χ0v) is 10.5. The highest BCUT2D eigenvalue weighted by molar-refractivity contribution is 7.16. The Balaban J connectivity index is 1.76. The normalized spacial score (nSPS) is 10.9. The largest absolute Gasteiger partial charge is 0.488 e. The van der Waals surface area contributed by atoms with Crippen molar-refractivity contribution in [2.45, 2.75) is 6.61 Å². The average Bonchev–Trinajstić information content (AvgIpc) is 2.94. The fourth-order valence-electron chi connectivity index (χ4n) is 1.70. The average molecular weight is 264 g/mol. The molecule has 0 bridgehead atoms. The number of ether oxygens (including phenoxy) is 1. The van der Waals surface area contributed by atoms with Gasteiger partial charge in [-0.05, 0) is 36.4 Å². The Morgan fingerprint density at radius 3 is 2.94 bits per heavy atom. The zero-order chi connectivity index (χ0) is 11.7. The van der Waals surface area contributed by atoms with Gasteiger partial charge in [0.2, 0.25) is 0 Å². The molecule has 0 spiro atoms. The van der Waals surface area contributed by atoms with E-state index in [0.29, 0.717) is 6.61 Å². The third-order valence-electron chi connectivity index (χ3n) is 2.53. The lowest BCUT2D eigenvalue weighted by molar-refractivity contribution is 0.310. The maximum Gasteiger partial charge on any atom is 0.122 e. The van der Waals surface area contributed by atoms with Crippen molar-refractivity contribution in [3.63, 3.8) is 0 Å². The quantitative estimate of drug-likeness (QED) is 0.741. The van der Waals surface area contributed by atoms with Crippen molar-refractivity contribution in [1.29, 1.82) is 0 Å². The van der Waals surface area contributed by atoms with Crippen molar-refractivity contribution >= 4 is 33.8 Å². The van der Waals surface area contributed by atoms with Gasteiger partial charge in [-0.3, -0.25) is 0 Å². The summed E-state index contributed by atoms with van der Waals surface area (Å²) in [6.45, 7) is 0.563. The van der Waals surface area contributed by atoms with E-state index in [9.17, 15) is 0 Å². The summed E-state index contributed by atoms with van der Waals surface area (Å²) in [6, 6.07) is 11.9. The van der Waals surface area contributed by atoms with Crippen LogP contribution in [0.15, 0.2) is 42.6 Å². The Bertz CT molecular complexity index is 643. The molecule has 0 aliphatic carbocycles. The number of H-pyrrole nitrogens is 1. The summed E-state index contributed by atoms with van der Waals surface area (Å²) < 4.78 is 6.52. The van der Waals surface area contributed by atoms with Gasteiger partial charge in [0.1, 0.15) is 12.4 Å². The number of halogens is 1. The number of fused-ring (bicyclic) bond motifs is 1. The van der Waals surface area contributed by atoms with Crippen LogP contribution in [0.2, 0.25) is 4.34 Å². The summed E-state index contributed by atoms with van der Waals surface area (Å²) in [7, 11) is 0. The van der Waals surface area contributed by atoms with E-state index in [2.05, 4.69) is 4.98 Å². The van der Waals surface area contributed by atoms with E-state index < -0.39 is 0 Å². The van der Waals surface area contributed by atoms with Crippen LogP contribution in [-0.2, 0) is 6.61 Å². The third-order valence-corrected chi connectivity index (χ3v) is 3.74. The Labute approximate surface area is 108 Å². The van der Waals surface area contributed by atoms with Gasteiger partial charge in [0.25, 0.3) is 0 Å². The van der Waals surface area contributed by atoms with E-state index >= 15 is 0 Å². The first-order valence-corrected chi connectivity index (χ1v) is 6.45. The highest BCUT2D eigenvalue weighted by atomic mass is 35.5. The molecular weight excluding hydrogens is 254 g/mol. The number of hydrogen-bond donors (Lipinski definition) is 1. The second-order valence-corrected chi connectivity index (χ2v) is 5.52. The number of benzene rings is 1. The molecule has 2 nitrogen and oxygen atoms in total. The molecule has 2 aromatic heterocycles. The van der Waals surface area contributed by atoms with E-state index in [0.717, 1.165) is 25.9 Å². The van der Waals surface area contributed by atoms with E-state index in [1.807, 2.05) is 42.6 Å². The Hall–Kier alpha value is -1.45. The van der Waals surface area contributed by atoms with E-state index in [1.54, 1.807) is 11.3 Å². The van der Waals surface area contributed by atoms with Gasteiger partial charge in [-0.25, -0.2) is 0 Å². The summed E-state index contributed by atoms with van der Waals surface area (Å²) in [4.78, 5) is 4.28. The highest BCUT2D eigenvalue weighted by Crippen LogP contribution is 2.24. The van der Waals surface area contributed by atoms with Crippen LogP contribution in [0, 0.1) is 0 Å². The van der Waals surface area contributed by atoms with E-state index in [4.69, 9.17) is 16.3 Å². The minimum absolute atomic E-state index is 0.563. The number of thiophene rings is 1. The summed E-state index contributed by atoms with van der Waals surface area (Å²) in [5, 5.41) is 1.16. The van der Waals surface area contributed by atoms with Crippen LogP contribution in [0.25, 0.3) is 10.9 Å². The van der Waals surface area contributed by atoms with Crippen LogP contribution in [0.4, 0.5) is 0 Å². The molecule has 0 saturated heterocycles. The predicted octanol–water partition coefficient (Wildman–Crippen LogP) is 4.46. The highest BCUT2D eigenvalue weighted by Gasteiger charge is 2.01. The van der Waals surface area contributed by atoms with Crippen LogP contribution in [0.1, 0.15) is 4.88 Å². The molecule has 2 heterocycles. The Morgan fingerprint density at radius 2 is 2.12 bits per heavy atom. The maximum absolute atomic E-state index is 5.86. The molecule has 0 amide bonds. The van der Waals surface area contributed by atoms with Gasteiger partial charge >= 0.3 is 0 Å². The van der Waals surface area contributed by atoms with Gasteiger partial charge < -0.3 is 9.72 Å². The number of rotatable bonds is 3. The zero-order valence-electron chi connectivity index (χ0n) is 8.94. The topological polar surface area (TPSA) is 25.0 Å². The van der Waals surface area contributed by atoms with Crippen LogP contribution in [0.5, 0.6) is 5.75 Å². The number of aromatic amines is 1. The van der Waals surface area contributed by atoms with Crippen LogP contribution in [-0.4, -0.2) is 4.98 Å². The number of hydrogen-bond acceptors (Lipinski definition) is 2. The summed E-state index contributed by atoms with van der Waals surface area (Å²) in [6.07, 6.45) is 1.92. The lowest BCUT2D eigenvalue weighted by Gasteiger charge is -2.04. The monoisotopic (exact) mass is 263 g/mol. The standard InChI is InChI=1S/C13H10ClNOS/c14-13-4-2-11(17-13)8-16-10-1-3-12-9(7-10)5-6-15-12/h1-7,15H,8H2. The molecule has 0 saturated carbocycles. The van der Waals surface area contributed by atoms with Crippen molar-refractivity contribution in [3.8, 4) is 5.75 Å². The molecule has 4 heteroatoms. The number of nitrogens with one attached hydrogen (secondary N) is 1. The van der Waals surface area contributed by atoms with Crippen LogP contribution < -0.4 is 4.74 Å². The molecule has 0 unspecified atom stereocenters. The van der Waals surface area contributed by atoms with Crippen LogP contribution >= 0.6 is 22.9 Å². The van der Waals surface area contributed by atoms with E-state index in [1.165, 1.54) is 0 Å². The molecule has 0 aliphatic rings. The molecule has 1 N–H and O–H groups in total. The van der Waals surface area contributed by atoms with E-state index in [-0.39, 0.29) is 0 Å². The minimum Gasteiger partial charge on any atom is -0.488 e. The summed E-state index contributed by atoms with van der Waals surface area (Å²) >= 11 is 7.41.